The summed E-state index contributed by atoms with van der Waals surface area (Å²) in [6.07, 6.45) is -3.25. The lowest BCUT2D eigenvalue weighted by molar-refractivity contribution is -0.145. The molecule has 0 saturated heterocycles. The van der Waals surface area contributed by atoms with Crippen LogP contribution in [0.25, 0.3) is 0 Å². The van der Waals surface area contributed by atoms with Gasteiger partial charge in [0.2, 0.25) is 5.82 Å². The monoisotopic (exact) mass is 305 g/mol. The minimum Gasteiger partial charge on any atom is -0.461 e. The van der Waals surface area contributed by atoms with Crippen molar-refractivity contribution >= 4 is 5.97 Å². The molecule has 0 aromatic carbocycles. The van der Waals surface area contributed by atoms with Gasteiger partial charge in [0.25, 0.3) is 0 Å². The van der Waals surface area contributed by atoms with Crippen molar-refractivity contribution in [1.29, 1.82) is 0 Å². The van der Waals surface area contributed by atoms with Crippen LogP contribution >= 0.6 is 0 Å². The molecule has 0 bridgehead atoms. The van der Waals surface area contributed by atoms with E-state index >= 15 is 0 Å². The maximum Gasteiger partial charge on any atom is 0.451 e. The molecule has 21 heavy (non-hydrogen) atoms. The molecule has 0 saturated carbocycles. The number of ether oxygens (including phenoxy) is 1. The number of aromatic nitrogens is 2. The number of carbonyl (C=O) groups excluding carboxylic acids is 1. The van der Waals surface area contributed by atoms with Gasteiger partial charge in [-0.2, -0.15) is 13.2 Å². The predicted molar refractivity (Wildman–Crippen MR) is 69.6 cm³/mol. The lowest BCUT2D eigenvalue weighted by Crippen LogP contribution is -2.20. The van der Waals surface area contributed by atoms with Crippen molar-refractivity contribution in [1.82, 2.24) is 14.9 Å². The molecule has 1 aromatic heterocycles. The zero-order valence-corrected chi connectivity index (χ0v) is 12.2. The molecule has 0 amide bonds. The molecule has 0 aliphatic heterocycles. The summed E-state index contributed by atoms with van der Waals surface area (Å²) in [5, 5.41) is 0. The highest BCUT2D eigenvalue weighted by Gasteiger charge is 2.36. The van der Waals surface area contributed by atoms with Gasteiger partial charge >= 0.3 is 12.1 Å². The average Bonchev–Trinajstić information content (AvgIpc) is 2.36. The Kier molecular flexibility index (Phi) is 6.07. The van der Waals surface area contributed by atoms with Gasteiger partial charge in [0.15, 0.2) is 5.69 Å². The summed E-state index contributed by atoms with van der Waals surface area (Å²) >= 11 is 0. The molecule has 0 radical (unpaired) electrons. The van der Waals surface area contributed by atoms with Crippen LogP contribution in [0.1, 0.15) is 41.8 Å². The van der Waals surface area contributed by atoms with Crippen LogP contribution in [-0.4, -0.2) is 41.5 Å². The average molecular weight is 305 g/mol. The van der Waals surface area contributed by atoms with Gasteiger partial charge in [0, 0.05) is 6.54 Å². The summed E-state index contributed by atoms with van der Waals surface area (Å²) in [4.78, 5) is 20.1. The molecule has 0 aliphatic rings. The fraction of sp³-hybridized carbons (Fsp3) is 0.615. The Bertz CT molecular complexity index is 490. The molecule has 0 N–H and O–H groups in total. The molecular weight excluding hydrogens is 287 g/mol. The lowest BCUT2D eigenvalue weighted by atomic mass is 10.3. The van der Waals surface area contributed by atoms with E-state index in [-0.39, 0.29) is 24.5 Å². The molecule has 1 aromatic rings. The maximum absolute atomic E-state index is 12.8. The molecular formula is C13H18F3N3O2. The first-order valence-corrected chi connectivity index (χ1v) is 6.51. The van der Waals surface area contributed by atoms with Crippen molar-refractivity contribution in [3.8, 4) is 0 Å². The Hall–Kier alpha value is -1.70. The van der Waals surface area contributed by atoms with Gasteiger partial charge in [0.05, 0.1) is 12.3 Å². The van der Waals surface area contributed by atoms with Crippen LogP contribution in [0, 0.1) is 0 Å². The Morgan fingerprint density at radius 1 is 1.33 bits per heavy atom. The van der Waals surface area contributed by atoms with Crippen molar-refractivity contribution in [2.75, 3.05) is 20.7 Å². The number of esters is 1. The number of hydrogen-bond acceptors (Lipinski definition) is 5. The van der Waals surface area contributed by atoms with Crippen molar-refractivity contribution in [2.45, 2.75) is 32.5 Å². The smallest absolute Gasteiger partial charge is 0.451 e. The summed E-state index contributed by atoms with van der Waals surface area (Å²) in [5.74, 6) is -2.19. The van der Waals surface area contributed by atoms with Gasteiger partial charge in [-0.15, -0.1) is 0 Å². The number of nitrogens with zero attached hydrogens (tertiary/aromatic N) is 3. The third-order valence-corrected chi connectivity index (χ3v) is 2.45. The molecule has 0 spiro atoms. The summed E-state index contributed by atoms with van der Waals surface area (Å²) < 4.78 is 43.2. The van der Waals surface area contributed by atoms with Gasteiger partial charge in [-0.1, -0.05) is 13.3 Å². The number of unbranched alkanes of at least 4 members (excludes halogenated alkanes) is 1. The van der Waals surface area contributed by atoms with E-state index in [1.807, 2.05) is 6.92 Å². The number of rotatable bonds is 6. The van der Waals surface area contributed by atoms with E-state index in [4.69, 9.17) is 4.74 Å². The van der Waals surface area contributed by atoms with Crippen LogP contribution < -0.4 is 0 Å². The standard InChI is InChI=1S/C13H18F3N3O2/c1-4-5-6-21-11(20)10-7-9(8-19(2)3)17-12(18-10)13(14,15)16/h7H,4-6,8H2,1-3H3. The Morgan fingerprint density at radius 2 is 2.00 bits per heavy atom. The van der Waals surface area contributed by atoms with Gasteiger partial charge in [-0.25, -0.2) is 14.8 Å². The van der Waals surface area contributed by atoms with E-state index in [0.717, 1.165) is 6.42 Å². The van der Waals surface area contributed by atoms with Crippen LogP contribution in [0.3, 0.4) is 0 Å². The van der Waals surface area contributed by atoms with Gasteiger partial charge in [-0.05, 0) is 26.6 Å². The molecule has 0 unspecified atom stereocenters. The number of carbonyl (C=O) groups is 1. The number of hydrogen-bond donors (Lipinski definition) is 0. The van der Waals surface area contributed by atoms with Crippen molar-refractivity contribution in [3.63, 3.8) is 0 Å². The quantitative estimate of drug-likeness (QED) is 0.597. The molecule has 0 aliphatic carbocycles. The highest BCUT2D eigenvalue weighted by atomic mass is 19.4. The van der Waals surface area contributed by atoms with E-state index < -0.39 is 18.0 Å². The molecule has 0 atom stereocenters. The second kappa shape index (κ2) is 7.35. The zero-order valence-electron chi connectivity index (χ0n) is 12.2. The fourth-order valence-corrected chi connectivity index (χ4v) is 1.52. The molecule has 118 valence electrons. The number of alkyl halides is 3. The topological polar surface area (TPSA) is 55.3 Å². The fourth-order valence-electron chi connectivity index (χ4n) is 1.52. The summed E-state index contributed by atoms with van der Waals surface area (Å²) in [5.41, 5.74) is -0.255. The lowest BCUT2D eigenvalue weighted by Gasteiger charge is -2.13. The van der Waals surface area contributed by atoms with E-state index in [2.05, 4.69) is 9.97 Å². The highest BCUT2D eigenvalue weighted by molar-refractivity contribution is 5.87. The van der Waals surface area contributed by atoms with Gasteiger partial charge in [-0.3, -0.25) is 0 Å². The Balaban J connectivity index is 3.04. The molecule has 0 fully saturated rings. The van der Waals surface area contributed by atoms with Crippen molar-refractivity contribution in [3.05, 3.63) is 23.3 Å². The first kappa shape index (κ1) is 17.4. The third kappa shape index (κ3) is 5.66. The second-order valence-electron chi connectivity index (χ2n) is 4.79. The maximum atomic E-state index is 12.8. The van der Waals surface area contributed by atoms with Gasteiger partial charge in [0.1, 0.15) is 0 Å². The summed E-state index contributed by atoms with van der Waals surface area (Å²) in [7, 11) is 3.38. The Labute approximate surface area is 121 Å². The van der Waals surface area contributed by atoms with Gasteiger partial charge < -0.3 is 9.64 Å². The number of halogens is 3. The molecule has 1 rings (SSSR count). The third-order valence-electron chi connectivity index (χ3n) is 2.45. The SMILES string of the molecule is CCCCOC(=O)c1cc(CN(C)C)nc(C(F)(F)F)n1. The van der Waals surface area contributed by atoms with E-state index in [0.29, 0.717) is 6.42 Å². The zero-order chi connectivity index (χ0) is 16.0. The van der Waals surface area contributed by atoms with Crippen LogP contribution in [0.15, 0.2) is 6.07 Å². The molecule has 1 heterocycles. The minimum absolute atomic E-state index is 0.116. The largest absolute Gasteiger partial charge is 0.461 e. The van der Waals surface area contributed by atoms with Crippen LogP contribution in [0.4, 0.5) is 13.2 Å². The van der Waals surface area contributed by atoms with E-state index in [1.54, 1.807) is 19.0 Å². The second-order valence-corrected chi connectivity index (χ2v) is 4.79. The summed E-state index contributed by atoms with van der Waals surface area (Å²) in [6, 6.07) is 1.23. The molecule has 8 heteroatoms. The van der Waals surface area contributed by atoms with E-state index in [9.17, 15) is 18.0 Å². The van der Waals surface area contributed by atoms with Crippen LogP contribution in [-0.2, 0) is 17.5 Å². The molecule has 5 nitrogen and oxygen atoms in total. The summed E-state index contributed by atoms with van der Waals surface area (Å²) in [6.45, 7) is 2.24. The van der Waals surface area contributed by atoms with Crippen LogP contribution in [0.5, 0.6) is 0 Å². The van der Waals surface area contributed by atoms with Crippen molar-refractivity contribution in [2.24, 2.45) is 0 Å². The first-order chi connectivity index (χ1) is 9.74. The highest BCUT2D eigenvalue weighted by Crippen LogP contribution is 2.26. The first-order valence-electron chi connectivity index (χ1n) is 6.51. The predicted octanol–water partition coefficient (Wildman–Crippen LogP) is 2.51. The van der Waals surface area contributed by atoms with E-state index in [1.165, 1.54) is 6.07 Å². The Morgan fingerprint density at radius 3 is 2.52 bits per heavy atom. The normalized spacial score (nSPS) is 11.8. The van der Waals surface area contributed by atoms with Crippen LogP contribution in [0.2, 0.25) is 0 Å². The minimum atomic E-state index is -4.71. The van der Waals surface area contributed by atoms with Crippen molar-refractivity contribution < 1.29 is 22.7 Å².